The number of amides is 1. The summed E-state index contributed by atoms with van der Waals surface area (Å²) in [6.45, 7) is 2.44. The van der Waals surface area contributed by atoms with E-state index in [1.807, 2.05) is 0 Å². The number of nitrogens with zero attached hydrogens (tertiary/aromatic N) is 3. The number of likely N-dealkylation sites (N-methyl/N-ethyl adjacent to an activating group) is 1. The molecule has 1 fully saturated rings. The smallest absolute Gasteiger partial charge is 0.329 e. The van der Waals surface area contributed by atoms with Crippen molar-refractivity contribution in [3.63, 3.8) is 0 Å². The Balaban J connectivity index is 1.79. The lowest BCUT2D eigenvalue weighted by atomic mass is 10.1. The molecule has 1 amide bonds. The van der Waals surface area contributed by atoms with Gasteiger partial charge in [-0.3, -0.25) is 4.79 Å². The molecule has 0 bridgehead atoms. The van der Waals surface area contributed by atoms with Gasteiger partial charge < -0.3 is 40.7 Å². The molecule has 2 aliphatic heterocycles. The standard InChI is InChI=1S/C19H26N6O6S2/c1-25(5-3-4-6-25)7-10-8-32-16(23-12(10)17(27)28)14(18(29)30)22-15(26)13(24-31-2)11-9-33-19(20)21-11/h9,14,16,23H,3-8H2,1-2H3,(H4-,20,21,22,26,27,28,29,30)/b24-13-/t14-,16+/m0/s1. The summed E-state index contributed by atoms with van der Waals surface area (Å²) in [5.41, 5.74) is 6.03. The second-order valence-corrected chi connectivity index (χ2v) is 10.1. The molecule has 0 radical (unpaired) electrons. The number of rotatable bonds is 9. The van der Waals surface area contributed by atoms with Crippen molar-refractivity contribution < 1.29 is 33.9 Å². The van der Waals surface area contributed by atoms with Crippen LogP contribution in [-0.2, 0) is 19.2 Å². The van der Waals surface area contributed by atoms with Crippen LogP contribution >= 0.6 is 23.1 Å². The Morgan fingerprint density at radius 3 is 2.70 bits per heavy atom. The highest BCUT2D eigenvalue weighted by Crippen LogP contribution is 2.28. The van der Waals surface area contributed by atoms with Crippen molar-refractivity contribution in [1.29, 1.82) is 0 Å². The Labute approximate surface area is 198 Å². The van der Waals surface area contributed by atoms with Gasteiger partial charge in [-0.15, -0.1) is 23.1 Å². The first kappa shape index (κ1) is 24.8. The lowest BCUT2D eigenvalue weighted by molar-refractivity contribution is -0.893. The van der Waals surface area contributed by atoms with Crippen LogP contribution in [0.25, 0.3) is 0 Å². The van der Waals surface area contributed by atoms with Gasteiger partial charge in [0.05, 0.1) is 31.8 Å². The van der Waals surface area contributed by atoms with E-state index < -0.39 is 29.3 Å². The van der Waals surface area contributed by atoms with E-state index in [9.17, 15) is 24.6 Å². The van der Waals surface area contributed by atoms with Gasteiger partial charge in [-0.05, 0) is 0 Å². The average Bonchev–Trinajstić information content (AvgIpc) is 3.38. The summed E-state index contributed by atoms with van der Waals surface area (Å²) in [5, 5.41) is 31.1. The Kier molecular flexibility index (Phi) is 7.81. The molecule has 3 rings (SSSR count). The maximum absolute atomic E-state index is 12.8. The minimum atomic E-state index is -1.46. The number of carbonyl (C=O) groups excluding carboxylic acids is 2. The summed E-state index contributed by atoms with van der Waals surface area (Å²) in [6, 6.07) is -1.46. The largest absolute Gasteiger partial charge is 0.543 e. The zero-order valence-electron chi connectivity index (χ0n) is 18.2. The van der Waals surface area contributed by atoms with Crippen molar-refractivity contribution in [2.24, 2.45) is 5.16 Å². The fourth-order valence-electron chi connectivity index (χ4n) is 3.94. The van der Waals surface area contributed by atoms with Crippen molar-refractivity contribution in [3.8, 4) is 0 Å². The number of nitrogen functional groups attached to an aromatic ring is 1. The molecule has 5 N–H and O–H groups in total. The second kappa shape index (κ2) is 10.4. The molecular weight excluding hydrogens is 472 g/mol. The lowest BCUT2D eigenvalue weighted by Crippen LogP contribution is -2.57. The van der Waals surface area contributed by atoms with E-state index in [2.05, 4.69) is 27.8 Å². The summed E-state index contributed by atoms with van der Waals surface area (Å²) in [5.74, 6) is -3.30. The molecule has 0 aliphatic carbocycles. The molecule has 0 unspecified atom stereocenters. The third kappa shape index (κ3) is 5.94. The number of nitrogens with one attached hydrogen (secondary N) is 2. The van der Waals surface area contributed by atoms with Crippen LogP contribution in [0, 0.1) is 0 Å². The third-order valence-electron chi connectivity index (χ3n) is 5.52. The Bertz CT molecular complexity index is 987. The predicted molar refractivity (Wildman–Crippen MR) is 121 cm³/mol. The van der Waals surface area contributed by atoms with Gasteiger partial charge in [0.2, 0.25) is 0 Å². The number of carbonyl (C=O) groups is 3. The summed E-state index contributed by atoms with van der Waals surface area (Å²) < 4.78 is 0.728. The fraction of sp³-hybridized carbons (Fsp3) is 0.526. The topological polar surface area (TPSA) is 179 Å². The summed E-state index contributed by atoms with van der Waals surface area (Å²) in [6.07, 6.45) is 2.16. The molecule has 1 aromatic rings. The van der Waals surface area contributed by atoms with E-state index in [0.29, 0.717) is 17.9 Å². The molecule has 180 valence electrons. The number of nitrogens with two attached hydrogens (primary N) is 1. The molecule has 1 saturated heterocycles. The molecule has 1 aromatic heterocycles. The summed E-state index contributed by atoms with van der Waals surface area (Å²) >= 11 is 2.29. The molecule has 3 heterocycles. The first-order valence-electron chi connectivity index (χ1n) is 10.1. The van der Waals surface area contributed by atoms with Crippen LogP contribution < -0.4 is 21.5 Å². The quantitative estimate of drug-likeness (QED) is 0.179. The number of likely N-dealkylation sites (tertiary alicyclic amines) is 1. The second-order valence-electron chi connectivity index (χ2n) is 8.06. The van der Waals surface area contributed by atoms with E-state index in [1.54, 1.807) is 0 Å². The predicted octanol–water partition coefficient (Wildman–Crippen LogP) is -1.45. The number of aliphatic carboxylic acids is 2. The zero-order valence-corrected chi connectivity index (χ0v) is 19.8. The van der Waals surface area contributed by atoms with Crippen LogP contribution in [-0.4, -0.2) is 89.1 Å². The number of quaternary nitrogens is 1. The van der Waals surface area contributed by atoms with Crippen molar-refractivity contribution in [2.75, 3.05) is 45.3 Å². The van der Waals surface area contributed by atoms with Crippen molar-refractivity contribution in [2.45, 2.75) is 24.3 Å². The monoisotopic (exact) mass is 498 g/mol. The van der Waals surface area contributed by atoms with E-state index in [-0.39, 0.29) is 22.2 Å². The highest BCUT2D eigenvalue weighted by atomic mass is 32.2. The highest BCUT2D eigenvalue weighted by molar-refractivity contribution is 8.00. The van der Waals surface area contributed by atoms with Gasteiger partial charge in [-0.1, -0.05) is 5.16 Å². The van der Waals surface area contributed by atoms with Gasteiger partial charge in [0, 0.05) is 29.5 Å². The minimum absolute atomic E-state index is 0.122. The summed E-state index contributed by atoms with van der Waals surface area (Å²) in [7, 11) is 3.31. The number of thiazole rings is 1. The van der Waals surface area contributed by atoms with Gasteiger partial charge in [0.25, 0.3) is 5.91 Å². The number of aromatic nitrogens is 1. The maximum atomic E-state index is 12.8. The normalized spacial score (nSPS) is 21.3. The molecule has 33 heavy (non-hydrogen) atoms. The third-order valence-corrected chi connectivity index (χ3v) is 7.46. The number of hydrogen-bond acceptors (Lipinski definition) is 11. The fourth-order valence-corrected chi connectivity index (χ4v) is 5.68. The Morgan fingerprint density at radius 2 is 2.15 bits per heavy atom. The molecular formula is C19H26N6O6S2. The SMILES string of the molecule is CO/N=C(\C(=O)N[C@H](C(=O)O)[C@@H]1NC(C(=O)[O-])=C(C[N+]2(C)CCCC2)CS1)c1csc(N)n1. The summed E-state index contributed by atoms with van der Waals surface area (Å²) in [4.78, 5) is 45.3. The first-order chi connectivity index (χ1) is 15.6. The van der Waals surface area contributed by atoms with E-state index in [0.717, 1.165) is 41.8 Å². The van der Waals surface area contributed by atoms with Gasteiger partial charge in [-0.25, -0.2) is 9.78 Å². The number of oxime groups is 1. The number of thioether (sulfide) groups is 1. The Hall–Kier alpha value is -2.84. The van der Waals surface area contributed by atoms with E-state index in [1.165, 1.54) is 24.3 Å². The van der Waals surface area contributed by atoms with Crippen LogP contribution in [0.3, 0.4) is 0 Å². The van der Waals surface area contributed by atoms with E-state index in [4.69, 9.17) is 10.6 Å². The van der Waals surface area contributed by atoms with Crippen LogP contribution in [0.4, 0.5) is 5.13 Å². The van der Waals surface area contributed by atoms with Crippen molar-refractivity contribution in [1.82, 2.24) is 15.6 Å². The Morgan fingerprint density at radius 1 is 1.45 bits per heavy atom. The van der Waals surface area contributed by atoms with Crippen molar-refractivity contribution >= 4 is 51.8 Å². The van der Waals surface area contributed by atoms with Crippen molar-refractivity contribution in [3.05, 3.63) is 22.3 Å². The molecule has 0 saturated carbocycles. The van der Waals surface area contributed by atoms with Crippen LogP contribution in [0.15, 0.2) is 21.8 Å². The molecule has 2 aliphatic rings. The number of hydrogen-bond donors (Lipinski definition) is 4. The molecule has 0 aromatic carbocycles. The zero-order chi connectivity index (χ0) is 24.2. The van der Waals surface area contributed by atoms with Crippen LogP contribution in [0.1, 0.15) is 18.5 Å². The minimum Gasteiger partial charge on any atom is -0.543 e. The molecule has 0 spiro atoms. The van der Waals surface area contributed by atoms with Gasteiger partial charge >= 0.3 is 5.97 Å². The highest BCUT2D eigenvalue weighted by Gasteiger charge is 2.37. The molecule has 2 atom stereocenters. The van der Waals surface area contributed by atoms with Crippen LogP contribution in [0.2, 0.25) is 0 Å². The number of anilines is 1. The van der Waals surface area contributed by atoms with Gasteiger partial charge in [0.1, 0.15) is 24.7 Å². The number of carboxylic acid groups (broad SMARTS) is 2. The maximum Gasteiger partial charge on any atom is 0.329 e. The average molecular weight is 499 g/mol. The number of carboxylic acids is 2. The first-order valence-corrected chi connectivity index (χ1v) is 12.1. The van der Waals surface area contributed by atoms with E-state index >= 15 is 0 Å². The van der Waals surface area contributed by atoms with Crippen LogP contribution in [0.5, 0.6) is 0 Å². The lowest BCUT2D eigenvalue weighted by Gasteiger charge is -2.36. The van der Waals surface area contributed by atoms with Gasteiger partial charge in [-0.2, -0.15) is 0 Å². The van der Waals surface area contributed by atoms with Gasteiger partial charge in [0.15, 0.2) is 16.9 Å². The molecule has 14 heteroatoms. The molecule has 12 nitrogen and oxygen atoms in total.